The number of anilines is 1. The van der Waals surface area contributed by atoms with Gasteiger partial charge in [-0.2, -0.15) is 0 Å². The predicted octanol–water partition coefficient (Wildman–Crippen LogP) is 5.42. The van der Waals surface area contributed by atoms with Crippen LogP contribution >= 0.6 is 23.2 Å². The molecule has 0 spiro atoms. The van der Waals surface area contributed by atoms with Gasteiger partial charge >= 0.3 is 12.0 Å². The van der Waals surface area contributed by atoms with Crippen molar-refractivity contribution in [2.24, 2.45) is 0 Å². The molecule has 8 nitrogen and oxygen atoms in total. The van der Waals surface area contributed by atoms with Crippen LogP contribution in [0.15, 0.2) is 72.3 Å². The molecule has 0 aromatic heterocycles. The molecule has 1 N–H and O–H groups in total. The number of barbiturate groups is 1. The lowest BCUT2D eigenvalue weighted by molar-refractivity contribution is -0.122. The first kappa shape index (κ1) is 25.9. The molecule has 37 heavy (non-hydrogen) atoms. The smallest absolute Gasteiger partial charge is 0.338 e. The summed E-state index contributed by atoms with van der Waals surface area (Å²) < 4.78 is 10.7. The van der Waals surface area contributed by atoms with Gasteiger partial charge in [-0.15, -0.1) is 0 Å². The molecule has 0 aliphatic carbocycles. The highest BCUT2D eigenvalue weighted by atomic mass is 35.5. The summed E-state index contributed by atoms with van der Waals surface area (Å²) in [6.45, 7) is 2.16. The molecule has 3 aromatic rings. The molecule has 4 rings (SSSR count). The van der Waals surface area contributed by atoms with E-state index >= 15 is 0 Å². The number of carbonyl (C=O) groups is 4. The topological polar surface area (TPSA) is 102 Å². The number of hydrogen-bond donors (Lipinski definition) is 1. The number of benzene rings is 3. The number of nitrogens with zero attached hydrogens (tertiary/aromatic N) is 1. The fourth-order valence-electron chi connectivity index (χ4n) is 3.49. The highest BCUT2D eigenvalue weighted by molar-refractivity contribution is 6.39. The number of carbonyl (C=O) groups excluding carboxylic acids is 4. The van der Waals surface area contributed by atoms with E-state index in [1.54, 1.807) is 37.3 Å². The number of rotatable bonds is 7. The van der Waals surface area contributed by atoms with Crippen LogP contribution in [0.25, 0.3) is 6.08 Å². The van der Waals surface area contributed by atoms with Crippen molar-refractivity contribution in [3.63, 3.8) is 0 Å². The molecule has 0 unspecified atom stereocenters. The van der Waals surface area contributed by atoms with Gasteiger partial charge in [-0.3, -0.25) is 14.9 Å². The lowest BCUT2D eigenvalue weighted by atomic mass is 10.1. The van der Waals surface area contributed by atoms with Crippen LogP contribution in [0.5, 0.6) is 5.75 Å². The van der Waals surface area contributed by atoms with E-state index in [0.717, 1.165) is 10.5 Å². The molecule has 4 amide bonds. The fourth-order valence-corrected chi connectivity index (χ4v) is 3.85. The minimum absolute atomic E-state index is 0.179. The summed E-state index contributed by atoms with van der Waals surface area (Å²) in [5.41, 5.74) is 1.53. The van der Waals surface area contributed by atoms with Gasteiger partial charge in [-0.1, -0.05) is 41.4 Å². The van der Waals surface area contributed by atoms with Gasteiger partial charge < -0.3 is 9.47 Å². The van der Waals surface area contributed by atoms with Crippen LogP contribution in [0.4, 0.5) is 10.5 Å². The maximum atomic E-state index is 13.1. The molecule has 0 saturated carbocycles. The summed E-state index contributed by atoms with van der Waals surface area (Å²) in [4.78, 5) is 50.7. The highest BCUT2D eigenvalue weighted by Crippen LogP contribution is 2.29. The van der Waals surface area contributed by atoms with Gasteiger partial charge in [0.15, 0.2) is 0 Å². The summed E-state index contributed by atoms with van der Waals surface area (Å²) in [5, 5.41) is 3.05. The number of esters is 1. The molecule has 188 valence electrons. The number of amides is 4. The van der Waals surface area contributed by atoms with Crippen LogP contribution in [-0.2, 0) is 20.9 Å². The number of imide groups is 2. The molecular formula is C27H20Cl2N2O6. The predicted molar refractivity (Wildman–Crippen MR) is 139 cm³/mol. The second kappa shape index (κ2) is 11.3. The zero-order valence-corrected chi connectivity index (χ0v) is 21.0. The number of urea groups is 1. The Balaban J connectivity index is 1.53. The van der Waals surface area contributed by atoms with Crippen LogP contribution in [0.1, 0.15) is 28.4 Å². The van der Waals surface area contributed by atoms with Crippen molar-refractivity contribution in [3.8, 4) is 5.75 Å². The number of halogens is 2. The van der Waals surface area contributed by atoms with E-state index in [1.165, 1.54) is 30.3 Å². The molecule has 1 aliphatic heterocycles. The average Bonchev–Trinajstić information content (AvgIpc) is 2.87. The Morgan fingerprint density at radius 2 is 1.68 bits per heavy atom. The van der Waals surface area contributed by atoms with E-state index < -0.39 is 23.8 Å². The first-order chi connectivity index (χ1) is 17.8. The SMILES string of the molecule is CCOC(=O)c1ccc(N2C(=O)NC(=O)/C(=C\c3ccc(OCc4ccc(Cl)cc4)c(Cl)c3)C2=O)cc1. The first-order valence-corrected chi connectivity index (χ1v) is 11.9. The second-order valence-electron chi connectivity index (χ2n) is 7.83. The third-order valence-electron chi connectivity index (χ3n) is 5.31. The van der Waals surface area contributed by atoms with E-state index in [0.29, 0.717) is 16.3 Å². The largest absolute Gasteiger partial charge is 0.487 e. The van der Waals surface area contributed by atoms with E-state index in [-0.39, 0.29) is 35.1 Å². The van der Waals surface area contributed by atoms with Gasteiger partial charge in [-0.25, -0.2) is 14.5 Å². The lowest BCUT2D eigenvalue weighted by Crippen LogP contribution is -2.54. The van der Waals surface area contributed by atoms with Gasteiger partial charge in [0, 0.05) is 5.02 Å². The van der Waals surface area contributed by atoms with Gasteiger partial charge in [0.25, 0.3) is 11.8 Å². The normalized spacial score (nSPS) is 14.5. The molecule has 10 heteroatoms. The van der Waals surface area contributed by atoms with Crippen LogP contribution < -0.4 is 15.0 Å². The van der Waals surface area contributed by atoms with Crippen molar-refractivity contribution in [1.29, 1.82) is 0 Å². The quantitative estimate of drug-likeness (QED) is 0.245. The van der Waals surface area contributed by atoms with Crippen molar-refractivity contribution in [3.05, 3.63) is 99.0 Å². The average molecular weight is 539 g/mol. The Hall–Kier alpha value is -4.14. The third kappa shape index (κ3) is 5.99. The molecule has 0 radical (unpaired) electrons. The van der Waals surface area contributed by atoms with Crippen LogP contribution in [-0.4, -0.2) is 30.4 Å². The Kier molecular flexibility index (Phi) is 7.91. The summed E-state index contributed by atoms with van der Waals surface area (Å²) >= 11 is 12.3. The molecule has 1 fully saturated rings. The Morgan fingerprint density at radius 3 is 2.32 bits per heavy atom. The van der Waals surface area contributed by atoms with Crippen LogP contribution in [0, 0.1) is 0 Å². The van der Waals surface area contributed by atoms with Gasteiger partial charge in [0.05, 0.1) is 22.9 Å². The van der Waals surface area contributed by atoms with Gasteiger partial charge in [0.2, 0.25) is 0 Å². The van der Waals surface area contributed by atoms with Crippen molar-refractivity contribution in [2.45, 2.75) is 13.5 Å². The summed E-state index contributed by atoms with van der Waals surface area (Å²) in [6.07, 6.45) is 1.33. The van der Waals surface area contributed by atoms with E-state index in [2.05, 4.69) is 5.32 Å². The lowest BCUT2D eigenvalue weighted by Gasteiger charge is -2.26. The molecule has 0 bridgehead atoms. The maximum absolute atomic E-state index is 13.1. The second-order valence-corrected chi connectivity index (χ2v) is 8.67. The third-order valence-corrected chi connectivity index (χ3v) is 5.86. The Bertz CT molecular complexity index is 1400. The molecular weight excluding hydrogens is 519 g/mol. The highest BCUT2D eigenvalue weighted by Gasteiger charge is 2.36. The first-order valence-electron chi connectivity index (χ1n) is 11.1. The minimum atomic E-state index is -0.903. The van der Waals surface area contributed by atoms with E-state index in [9.17, 15) is 19.2 Å². The van der Waals surface area contributed by atoms with Gasteiger partial charge in [0.1, 0.15) is 17.9 Å². The summed E-state index contributed by atoms with van der Waals surface area (Å²) in [7, 11) is 0. The zero-order chi connectivity index (χ0) is 26.5. The summed E-state index contributed by atoms with van der Waals surface area (Å²) in [5.74, 6) is -1.78. The molecule has 3 aromatic carbocycles. The van der Waals surface area contributed by atoms with E-state index in [1.807, 2.05) is 12.1 Å². The molecule has 0 atom stereocenters. The standard InChI is InChI=1S/C27H20Cl2N2O6/c1-2-36-26(34)18-6-10-20(11-7-18)31-25(33)21(24(32)30-27(31)35)13-17-5-12-23(22(29)14-17)37-15-16-3-8-19(28)9-4-16/h3-14H,2,15H2,1H3,(H,30,32,35)/b21-13+. The van der Waals surface area contributed by atoms with Gasteiger partial charge in [-0.05, 0) is 72.7 Å². The zero-order valence-electron chi connectivity index (χ0n) is 19.5. The van der Waals surface area contributed by atoms with Crippen molar-refractivity contribution >= 4 is 58.8 Å². The van der Waals surface area contributed by atoms with E-state index in [4.69, 9.17) is 32.7 Å². The maximum Gasteiger partial charge on any atom is 0.338 e. The molecule has 1 saturated heterocycles. The van der Waals surface area contributed by atoms with Crippen LogP contribution in [0.2, 0.25) is 10.0 Å². The van der Waals surface area contributed by atoms with Crippen molar-refractivity contribution in [2.75, 3.05) is 11.5 Å². The Labute approximate surface area is 222 Å². The summed E-state index contributed by atoms with van der Waals surface area (Å²) in [6, 6.07) is 16.8. The van der Waals surface area contributed by atoms with Crippen LogP contribution in [0.3, 0.4) is 0 Å². The van der Waals surface area contributed by atoms with Crippen molar-refractivity contribution < 1.29 is 28.7 Å². The number of ether oxygens (including phenoxy) is 2. The number of hydrogen-bond acceptors (Lipinski definition) is 6. The molecule has 1 aliphatic rings. The Morgan fingerprint density at radius 1 is 0.973 bits per heavy atom. The minimum Gasteiger partial charge on any atom is -0.487 e. The number of nitrogens with one attached hydrogen (secondary N) is 1. The molecule has 1 heterocycles. The van der Waals surface area contributed by atoms with Crippen molar-refractivity contribution in [1.82, 2.24) is 5.32 Å². The fraction of sp³-hybridized carbons (Fsp3) is 0.111. The monoisotopic (exact) mass is 538 g/mol.